The van der Waals surface area contributed by atoms with Crippen LogP contribution in [0, 0.1) is 0 Å². The number of halogens is 1. The van der Waals surface area contributed by atoms with Crippen LogP contribution in [0.5, 0.6) is 0 Å². The number of amidine groups is 1. The summed E-state index contributed by atoms with van der Waals surface area (Å²) in [4.78, 5) is 19.0. The molecule has 0 spiro atoms. The van der Waals surface area contributed by atoms with E-state index in [-0.39, 0.29) is 28.3 Å². The van der Waals surface area contributed by atoms with Crippen LogP contribution in [0.1, 0.15) is 45.7 Å². The molecule has 0 saturated heterocycles. The zero-order chi connectivity index (χ0) is 16.3. The second kappa shape index (κ2) is 8.15. The summed E-state index contributed by atoms with van der Waals surface area (Å²) in [5.41, 5.74) is 2.47. The van der Waals surface area contributed by atoms with Crippen molar-refractivity contribution in [2.75, 3.05) is 13.1 Å². The Morgan fingerprint density at radius 3 is 2.17 bits per heavy atom. The molecule has 0 N–H and O–H groups in total. The van der Waals surface area contributed by atoms with Gasteiger partial charge in [-0.25, -0.2) is 0 Å². The maximum Gasteiger partial charge on any atom is 0.286 e. The number of rotatable bonds is 3. The van der Waals surface area contributed by atoms with Crippen molar-refractivity contribution in [3.8, 4) is 0 Å². The predicted octanol–water partition coefficient (Wildman–Crippen LogP) is 4.87. The molecule has 0 radical (unpaired) electrons. The topological polar surface area (TPSA) is 32.7 Å². The van der Waals surface area contributed by atoms with Crippen molar-refractivity contribution in [1.29, 1.82) is 0 Å². The molecule has 1 aromatic rings. The summed E-state index contributed by atoms with van der Waals surface area (Å²) in [6.45, 7) is 12.5. The van der Waals surface area contributed by atoms with Crippen LogP contribution in [0.3, 0.4) is 0 Å². The molecule has 3 nitrogen and oxygen atoms in total. The Labute approximate surface area is 154 Å². The molecule has 23 heavy (non-hydrogen) atoms. The maximum atomic E-state index is 12.0. The first-order valence-corrected chi connectivity index (χ1v) is 8.55. The minimum Gasteiger partial charge on any atom is -0.351 e. The predicted molar refractivity (Wildman–Crippen MR) is 106 cm³/mol. The van der Waals surface area contributed by atoms with E-state index in [2.05, 4.69) is 68.8 Å². The third-order valence-electron chi connectivity index (χ3n) is 3.72. The molecule has 1 aliphatic heterocycles. The Bertz CT molecular complexity index is 611. The third kappa shape index (κ3) is 4.95. The van der Waals surface area contributed by atoms with Crippen LogP contribution in [0.2, 0.25) is 0 Å². The van der Waals surface area contributed by atoms with Crippen LogP contribution in [0.4, 0.5) is 0 Å². The summed E-state index contributed by atoms with van der Waals surface area (Å²) in [6.07, 6.45) is 1.93. The second-order valence-corrected chi connectivity index (χ2v) is 7.36. The Kier molecular flexibility index (Phi) is 7.08. The summed E-state index contributed by atoms with van der Waals surface area (Å²) < 4.78 is 0. The number of carbonyl (C=O) groups is 1. The molecular weight excluding hydrogens is 372 g/mol. The lowest BCUT2D eigenvalue weighted by atomic mass is 9.87. The first-order chi connectivity index (χ1) is 10.3. The third-order valence-corrected chi connectivity index (χ3v) is 4.76. The summed E-state index contributed by atoms with van der Waals surface area (Å²) in [6, 6.07) is 8.39. The first-order valence-electron chi connectivity index (χ1n) is 7.73. The number of benzene rings is 1. The van der Waals surface area contributed by atoms with E-state index in [1.165, 1.54) is 17.3 Å². The van der Waals surface area contributed by atoms with Crippen LogP contribution in [0.25, 0.3) is 6.08 Å². The van der Waals surface area contributed by atoms with Crippen molar-refractivity contribution in [3.05, 3.63) is 40.3 Å². The Hall–Kier alpha value is -1.07. The normalized spacial score (nSPS) is 16.3. The van der Waals surface area contributed by atoms with E-state index in [4.69, 9.17) is 0 Å². The van der Waals surface area contributed by atoms with Crippen LogP contribution in [-0.4, -0.2) is 29.1 Å². The fourth-order valence-electron chi connectivity index (χ4n) is 2.26. The van der Waals surface area contributed by atoms with E-state index in [0.29, 0.717) is 4.91 Å². The largest absolute Gasteiger partial charge is 0.351 e. The minimum absolute atomic E-state index is 0. The van der Waals surface area contributed by atoms with Gasteiger partial charge in [-0.3, -0.25) is 4.79 Å². The van der Waals surface area contributed by atoms with Crippen LogP contribution in [0.15, 0.2) is 34.2 Å². The molecule has 1 aromatic carbocycles. The lowest BCUT2D eigenvalue weighted by molar-refractivity contribution is -0.113. The number of nitrogens with zero attached hydrogens (tertiary/aromatic N) is 2. The lowest BCUT2D eigenvalue weighted by Gasteiger charge is -2.19. The molecule has 0 atom stereocenters. The van der Waals surface area contributed by atoms with Crippen molar-refractivity contribution in [2.24, 2.45) is 4.99 Å². The standard InChI is InChI=1S/C18H24N2OS.BrH/c1-6-20(7-2)17-19-16(21)15(22-17)12-13-8-10-14(11-9-13)18(3,4)5;/h8-12H,6-7H2,1-5H3;1H. The molecule has 1 aliphatic rings. The van der Waals surface area contributed by atoms with Gasteiger partial charge in [-0.2, -0.15) is 4.99 Å². The van der Waals surface area contributed by atoms with Crippen LogP contribution < -0.4 is 0 Å². The van der Waals surface area contributed by atoms with Crippen molar-refractivity contribution < 1.29 is 4.79 Å². The Balaban J connectivity index is 0.00000264. The van der Waals surface area contributed by atoms with E-state index in [0.717, 1.165) is 23.8 Å². The summed E-state index contributed by atoms with van der Waals surface area (Å²) >= 11 is 1.47. The van der Waals surface area contributed by atoms with Gasteiger partial charge in [0.05, 0.1) is 4.91 Å². The molecule has 0 aromatic heterocycles. The average Bonchev–Trinajstić information content (AvgIpc) is 2.81. The number of amides is 1. The Morgan fingerprint density at radius 2 is 1.70 bits per heavy atom. The first kappa shape index (κ1) is 20.0. The van der Waals surface area contributed by atoms with Gasteiger partial charge in [0.1, 0.15) is 0 Å². The molecule has 0 bridgehead atoms. The molecule has 1 heterocycles. The number of hydrogen-bond acceptors (Lipinski definition) is 3. The fraction of sp³-hybridized carbons (Fsp3) is 0.444. The highest BCUT2D eigenvalue weighted by atomic mass is 79.9. The molecule has 0 saturated carbocycles. The number of hydrogen-bond donors (Lipinski definition) is 0. The highest BCUT2D eigenvalue weighted by Crippen LogP contribution is 2.30. The van der Waals surface area contributed by atoms with Gasteiger partial charge in [-0.05, 0) is 48.2 Å². The minimum atomic E-state index is -0.133. The molecule has 0 unspecified atom stereocenters. The molecule has 0 aliphatic carbocycles. The van der Waals surface area contributed by atoms with Crippen LogP contribution >= 0.6 is 28.7 Å². The molecule has 126 valence electrons. The van der Waals surface area contributed by atoms with Crippen molar-refractivity contribution in [3.63, 3.8) is 0 Å². The SMILES string of the molecule is Br.CCN(CC)C1=NC(=O)C(=Cc2ccc(C(C)(C)C)cc2)S1. The van der Waals surface area contributed by atoms with Crippen LogP contribution in [-0.2, 0) is 10.2 Å². The quantitative estimate of drug-likeness (QED) is 0.682. The average molecular weight is 397 g/mol. The van der Waals surface area contributed by atoms with E-state index in [1.54, 1.807) is 0 Å². The van der Waals surface area contributed by atoms with Gasteiger partial charge in [0.25, 0.3) is 5.91 Å². The van der Waals surface area contributed by atoms with Gasteiger partial charge in [0.2, 0.25) is 0 Å². The van der Waals surface area contributed by atoms with Gasteiger partial charge in [-0.1, -0.05) is 45.0 Å². The van der Waals surface area contributed by atoms with Gasteiger partial charge >= 0.3 is 0 Å². The lowest BCUT2D eigenvalue weighted by Crippen LogP contribution is -2.26. The molecular formula is C18H25BrN2OS. The van der Waals surface area contributed by atoms with E-state index >= 15 is 0 Å². The molecule has 2 rings (SSSR count). The maximum absolute atomic E-state index is 12.0. The molecule has 1 amide bonds. The fourth-order valence-corrected chi connectivity index (χ4v) is 3.30. The van der Waals surface area contributed by atoms with E-state index < -0.39 is 0 Å². The Morgan fingerprint density at radius 1 is 1.13 bits per heavy atom. The zero-order valence-electron chi connectivity index (χ0n) is 14.4. The van der Waals surface area contributed by atoms with Gasteiger partial charge < -0.3 is 4.90 Å². The smallest absolute Gasteiger partial charge is 0.286 e. The summed E-state index contributed by atoms with van der Waals surface area (Å²) in [5.74, 6) is -0.133. The number of thioether (sulfide) groups is 1. The summed E-state index contributed by atoms with van der Waals surface area (Å²) in [5, 5.41) is 0.813. The van der Waals surface area contributed by atoms with Gasteiger partial charge in [0.15, 0.2) is 5.17 Å². The monoisotopic (exact) mass is 396 g/mol. The van der Waals surface area contributed by atoms with Crippen molar-refractivity contribution in [1.82, 2.24) is 4.90 Å². The molecule has 0 fully saturated rings. The second-order valence-electron chi connectivity index (χ2n) is 6.35. The zero-order valence-corrected chi connectivity index (χ0v) is 16.9. The van der Waals surface area contributed by atoms with Gasteiger partial charge in [0, 0.05) is 13.1 Å². The highest BCUT2D eigenvalue weighted by Gasteiger charge is 2.24. The highest BCUT2D eigenvalue weighted by molar-refractivity contribution is 8.93. The van der Waals surface area contributed by atoms with E-state index in [1.807, 2.05) is 6.08 Å². The molecule has 5 heteroatoms. The summed E-state index contributed by atoms with van der Waals surface area (Å²) in [7, 11) is 0. The number of carbonyl (C=O) groups excluding carboxylic acids is 1. The van der Waals surface area contributed by atoms with Crippen molar-refractivity contribution >= 4 is 45.9 Å². The van der Waals surface area contributed by atoms with Crippen molar-refractivity contribution in [2.45, 2.75) is 40.0 Å². The van der Waals surface area contributed by atoms with E-state index in [9.17, 15) is 4.79 Å². The van der Waals surface area contributed by atoms with Gasteiger partial charge in [-0.15, -0.1) is 17.0 Å². The number of aliphatic imine (C=N–C) groups is 1.